The molecule has 0 aromatic heterocycles. The summed E-state index contributed by atoms with van der Waals surface area (Å²) in [4.78, 5) is 25.1. The van der Waals surface area contributed by atoms with Crippen molar-refractivity contribution in [1.82, 2.24) is 5.32 Å². The Bertz CT molecular complexity index is 1220. The van der Waals surface area contributed by atoms with E-state index in [4.69, 9.17) is 4.74 Å². The van der Waals surface area contributed by atoms with Gasteiger partial charge in [-0.25, -0.2) is 4.39 Å². The van der Waals surface area contributed by atoms with Crippen molar-refractivity contribution in [3.05, 3.63) is 95.2 Å². The van der Waals surface area contributed by atoms with Crippen molar-refractivity contribution in [1.29, 1.82) is 0 Å². The topological polar surface area (TPSA) is 55.4 Å². The van der Waals surface area contributed by atoms with Gasteiger partial charge in [0.2, 0.25) is 0 Å². The van der Waals surface area contributed by atoms with Crippen molar-refractivity contribution in [3.63, 3.8) is 0 Å². The molecule has 170 valence electrons. The van der Waals surface area contributed by atoms with Gasteiger partial charge in [0.15, 0.2) is 0 Å². The number of hydrogen-bond donors (Lipinski definition) is 1. The van der Waals surface area contributed by atoms with E-state index in [2.05, 4.69) is 11.9 Å². The highest BCUT2D eigenvalue weighted by Crippen LogP contribution is 2.33. The number of ether oxygens (including phenoxy) is 1. The number of carbonyl (C=O) groups is 2. The number of hydrogen-bond acceptors (Lipinski definition) is 4. The van der Waals surface area contributed by atoms with Crippen LogP contribution in [0.1, 0.15) is 36.7 Å². The quantitative estimate of drug-likeness (QED) is 0.375. The first-order valence-electron chi connectivity index (χ1n) is 10.4. The third kappa shape index (κ3) is 6.11. The van der Waals surface area contributed by atoms with Crippen LogP contribution in [0.15, 0.2) is 78.2 Å². The van der Waals surface area contributed by atoms with Crippen molar-refractivity contribution in [2.24, 2.45) is 0 Å². The van der Waals surface area contributed by atoms with Crippen LogP contribution in [0.3, 0.4) is 0 Å². The summed E-state index contributed by atoms with van der Waals surface area (Å²) in [6.07, 6.45) is 0.631. The minimum absolute atomic E-state index is 0.0373. The van der Waals surface area contributed by atoms with E-state index >= 15 is 0 Å². The lowest BCUT2D eigenvalue weighted by Crippen LogP contribution is -2.44. The van der Waals surface area contributed by atoms with Gasteiger partial charge < -0.3 is 14.8 Å². The van der Waals surface area contributed by atoms with Gasteiger partial charge in [0.05, 0.1) is 11.1 Å². The van der Waals surface area contributed by atoms with Crippen LogP contribution >= 0.6 is 11.8 Å². The van der Waals surface area contributed by atoms with E-state index in [0.717, 1.165) is 22.1 Å². The molecule has 3 aromatic rings. The Morgan fingerprint density at radius 3 is 2.42 bits per heavy atom. The molecule has 0 atom stereocenters. The van der Waals surface area contributed by atoms with Crippen LogP contribution in [0.2, 0.25) is 0 Å². The van der Waals surface area contributed by atoms with Crippen molar-refractivity contribution in [3.8, 4) is 5.75 Å². The second-order valence-corrected chi connectivity index (χ2v) is 9.20. The van der Waals surface area contributed by atoms with Gasteiger partial charge in [-0.05, 0) is 43.4 Å². The standard InChI is InChI=1S/C27H26FNO3S/c1-18(16-33-19(2)20-10-6-5-7-11-20)15-32-25-22-13-9-8-12-21(22)24(28)14-23(25)26(31)29-27(3,4)17-30/h5-14,16-17H,2,15H2,1,3-4H3,(H,29,31)/b18-16+. The maximum absolute atomic E-state index is 14.7. The highest BCUT2D eigenvalue weighted by molar-refractivity contribution is 8.10. The molecular formula is C27H26FNO3S. The number of aldehydes is 1. The Balaban J connectivity index is 1.86. The lowest BCUT2D eigenvalue weighted by molar-refractivity contribution is -0.112. The lowest BCUT2D eigenvalue weighted by atomic mass is 10.0. The summed E-state index contributed by atoms with van der Waals surface area (Å²) < 4.78 is 20.8. The molecule has 1 amide bonds. The molecule has 6 heteroatoms. The van der Waals surface area contributed by atoms with Gasteiger partial charge in [0, 0.05) is 15.7 Å². The van der Waals surface area contributed by atoms with Crippen LogP contribution in [0.25, 0.3) is 15.7 Å². The van der Waals surface area contributed by atoms with Gasteiger partial charge in [-0.3, -0.25) is 4.79 Å². The number of amides is 1. The third-order valence-electron chi connectivity index (χ3n) is 4.86. The zero-order valence-corrected chi connectivity index (χ0v) is 19.7. The number of halogens is 1. The Labute approximate surface area is 197 Å². The molecule has 3 rings (SSSR count). The summed E-state index contributed by atoms with van der Waals surface area (Å²) >= 11 is 1.49. The fourth-order valence-corrected chi connectivity index (χ4v) is 3.79. The summed E-state index contributed by atoms with van der Waals surface area (Å²) in [5.41, 5.74) is 0.884. The highest BCUT2D eigenvalue weighted by atomic mass is 32.2. The van der Waals surface area contributed by atoms with Crippen LogP contribution in [0.4, 0.5) is 4.39 Å². The molecule has 0 aliphatic heterocycles. The van der Waals surface area contributed by atoms with Crippen LogP contribution in [-0.4, -0.2) is 24.3 Å². The molecule has 0 bridgehead atoms. The SMILES string of the molecule is C=C(S/C=C(\C)COc1c(C(=O)NC(C)(C)C=O)cc(F)c2ccccc12)c1ccccc1. The molecule has 0 radical (unpaired) electrons. The fourth-order valence-electron chi connectivity index (χ4n) is 3.10. The minimum Gasteiger partial charge on any atom is -0.488 e. The maximum Gasteiger partial charge on any atom is 0.255 e. The molecule has 0 fully saturated rings. The van der Waals surface area contributed by atoms with Gasteiger partial charge in [-0.15, -0.1) is 0 Å². The van der Waals surface area contributed by atoms with Crippen molar-refractivity contribution < 1.29 is 18.7 Å². The highest BCUT2D eigenvalue weighted by Gasteiger charge is 2.25. The van der Waals surface area contributed by atoms with Crippen molar-refractivity contribution in [2.75, 3.05) is 6.61 Å². The Hall–Kier alpha value is -3.38. The van der Waals surface area contributed by atoms with Gasteiger partial charge in [0.1, 0.15) is 24.5 Å². The van der Waals surface area contributed by atoms with Crippen LogP contribution in [0.5, 0.6) is 5.75 Å². The number of fused-ring (bicyclic) bond motifs is 1. The molecule has 0 saturated carbocycles. The molecule has 0 unspecified atom stereocenters. The first-order chi connectivity index (χ1) is 15.7. The molecule has 0 aliphatic rings. The van der Waals surface area contributed by atoms with Crippen molar-refractivity contribution >= 4 is 39.6 Å². The second kappa shape index (κ2) is 10.5. The monoisotopic (exact) mass is 463 g/mol. The molecule has 0 saturated heterocycles. The zero-order valence-electron chi connectivity index (χ0n) is 18.9. The van der Waals surface area contributed by atoms with E-state index < -0.39 is 17.3 Å². The molecule has 0 spiro atoms. The van der Waals surface area contributed by atoms with Gasteiger partial charge >= 0.3 is 0 Å². The summed E-state index contributed by atoms with van der Waals surface area (Å²) in [6, 6.07) is 17.8. The number of benzene rings is 3. The van der Waals surface area contributed by atoms with E-state index in [9.17, 15) is 14.0 Å². The van der Waals surface area contributed by atoms with Gasteiger partial charge in [-0.2, -0.15) is 0 Å². The van der Waals surface area contributed by atoms with Gasteiger partial charge in [0.25, 0.3) is 5.91 Å². The predicted octanol–water partition coefficient (Wildman–Crippen LogP) is 6.37. The van der Waals surface area contributed by atoms with E-state index in [-0.39, 0.29) is 17.9 Å². The number of carbonyl (C=O) groups excluding carboxylic acids is 2. The molecule has 3 aromatic carbocycles. The summed E-state index contributed by atoms with van der Waals surface area (Å²) in [5.74, 6) is -0.847. The Morgan fingerprint density at radius 1 is 1.12 bits per heavy atom. The molecule has 4 nitrogen and oxygen atoms in total. The van der Waals surface area contributed by atoms with E-state index in [1.54, 1.807) is 38.1 Å². The fraction of sp³-hybridized carbons (Fsp3) is 0.185. The number of thioether (sulfide) groups is 1. The van der Waals surface area contributed by atoms with Crippen molar-refractivity contribution in [2.45, 2.75) is 26.3 Å². The largest absolute Gasteiger partial charge is 0.488 e. The lowest BCUT2D eigenvalue weighted by Gasteiger charge is -2.21. The Kier molecular flexibility index (Phi) is 7.71. The Morgan fingerprint density at radius 2 is 1.76 bits per heavy atom. The van der Waals surface area contributed by atoms with Crippen LogP contribution in [-0.2, 0) is 4.79 Å². The smallest absolute Gasteiger partial charge is 0.255 e. The van der Waals surface area contributed by atoms with Crippen LogP contribution < -0.4 is 10.1 Å². The average Bonchev–Trinajstić information content (AvgIpc) is 2.82. The molecule has 0 aliphatic carbocycles. The number of rotatable bonds is 9. The second-order valence-electron chi connectivity index (χ2n) is 8.23. The molecule has 0 heterocycles. The first-order valence-corrected chi connectivity index (χ1v) is 11.3. The number of nitrogens with one attached hydrogen (secondary N) is 1. The summed E-state index contributed by atoms with van der Waals surface area (Å²) in [7, 11) is 0. The molecule has 1 N–H and O–H groups in total. The third-order valence-corrected chi connectivity index (χ3v) is 5.90. The van der Waals surface area contributed by atoms with E-state index in [0.29, 0.717) is 17.1 Å². The normalized spacial score (nSPS) is 11.8. The predicted molar refractivity (Wildman–Crippen MR) is 134 cm³/mol. The average molecular weight is 464 g/mol. The molecular weight excluding hydrogens is 437 g/mol. The molecule has 33 heavy (non-hydrogen) atoms. The first kappa shape index (κ1) is 24.3. The summed E-state index contributed by atoms with van der Waals surface area (Å²) in [6.45, 7) is 9.34. The summed E-state index contributed by atoms with van der Waals surface area (Å²) in [5, 5.41) is 5.40. The minimum atomic E-state index is -1.10. The van der Waals surface area contributed by atoms with Gasteiger partial charge in [-0.1, -0.05) is 72.9 Å². The zero-order chi connectivity index (χ0) is 24.0. The maximum atomic E-state index is 14.7. The van der Waals surface area contributed by atoms with Crippen LogP contribution in [0, 0.1) is 5.82 Å². The van der Waals surface area contributed by atoms with E-state index in [1.165, 1.54) is 11.8 Å². The van der Waals surface area contributed by atoms with E-state index in [1.807, 2.05) is 42.7 Å².